The standard InChI is InChI=1S/C12H14N4O2/c1-15-11-9(3-2-5-13-11)14-12(15)16-6-4-8(17)7-10(16)18/h4,6,13H,2-3,5,7H2,1H3. The molecule has 0 atom stereocenters. The van der Waals surface area contributed by atoms with E-state index in [9.17, 15) is 9.59 Å². The van der Waals surface area contributed by atoms with Crippen LogP contribution in [0, 0.1) is 0 Å². The zero-order valence-electron chi connectivity index (χ0n) is 10.1. The number of allylic oxidation sites excluding steroid dienone is 1. The first-order valence-electron chi connectivity index (χ1n) is 5.99. The fraction of sp³-hybridized carbons (Fsp3) is 0.417. The van der Waals surface area contributed by atoms with Crippen LogP contribution in [-0.2, 0) is 23.1 Å². The molecule has 1 amide bonds. The van der Waals surface area contributed by atoms with E-state index in [2.05, 4.69) is 10.3 Å². The van der Waals surface area contributed by atoms with Gasteiger partial charge in [-0.15, -0.1) is 0 Å². The third-order valence-electron chi connectivity index (χ3n) is 3.25. The number of carbonyl (C=O) groups excluding carboxylic acids is 2. The molecular weight excluding hydrogens is 232 g/mol. The summed E-state index contributed by atoms with van der Waals surface area (Å²) < 4.78 is 1.87. The Morgan fingerprint density at radius 3 is 2.94 bits per heavy atom. The zero-order valence-corrected chi connectivity index (χ0v) is 10.1. The Labute approximate surface area is 104 Å². The second-order valence-electron chi connectivity index (χ2n) is 4.52. The van der Waals surface area contributed by atoms with Crippen molar-refractivity contribution in [3.8, 4) is 0 Å². The first-order chi connectivity index (χ1) is 8.66. The van der Waals surface area contributed by atoms with Crippen molar-refractivity contribution < 1.29 is 9.59 Å². The van der Waals surface area contributed by atoms with Gasteiger partial charge >= 0.3 is 0 Å². The molecule has 2 aliphatic rings. The molecule has 3 heterocycles. The van der Waals surface area contributed by atoms with Crippen LogP contribution >= 0.6 is 0 Å². The van der Waals surface area contributed by atoms with Crippen molar-refractivity contribution in [1.29, 1.82) is 0 Å². The van der Waals surface area contributed by atoms with Gasteiger partial charge in [0.2, 0.25) is 11.9 Å². The van der Waals surface area contributed by atoms with Gasteiger partial charge in [-0.05, 0) is 18.9 Å². The molecule has 0 aromatic carbocycles. The van der Waals surface area contributed by atoms with Gasteiger partial charge in [0.1, 0.15) is 5.82 Å². The van der Waals surface area contributed by atoms with Gasteiger partial charge in [0.05, 0.1) is 12.1 Å². The highest BCUT2D eigenvalue weighted by atomic mass is 16.2. The molecule has 0 saturated heterocycles. The smallest absolute Gasteiger partial charge is 0.241 e. The summed E-state index contributed by atoms with van der Waals surface area (Å²) in [7, 11) is 1.87. The van der Waals surface area contributed by atoms with Crippen molar-refractivity contribution in [2.75, 3.05) is 16.8 Å². The van der Waals surface area contributed by atoms with Gasteiger partial charge in [0.15, 0.2) is 5.78 Å². The third-order valence-corrected chi connectivity index (χ3v) is 3.25. The molecule has 6 heteroatoms. The number of nitrogens with zero attached hydrogens (tertiary/aromatic N) is 3. The van der Waals surface area contributed by atoms with Crippen LogP contribution in [0.5, 0.6) is 0 Å². The Morgan fingerprint density at radius 2 is 2.22 bits per heavy atom. The quantitative estimate of drug-likeness (QED) is 0.737. The fourth-order valence-electron chi connectivity index (χ4n) is 2.33. The van der Waals surface area contributed by atoms with Crippen molar-refractivity contribution in [2.24, 2.45) is 7.05 Å². The second-order valence-corrected chi connectivity index (χ2v) is 4.52. The second kappa shape index (κ2) is 3.97. The number of imidazole rings is 1. The van der Waals surface area contributed by atoms with E-state index in [1.165, 1.54) is 17.2 Å². The Kier molecular flexibility index (Phi) is 2.43. The molecule has 18 heavy (non-hydrogen) atoms. The first kappa shape index (κ1) is 11.0. The number of fused-ring (bicyclic) bond motifs is 1. The molecule has 0 unspecified atom stereocenters. The molecule has 3 rings (SSSR count). The highest BCUT2D eigenvalue weighted by Crippen LogP contribution is 2.27. The van der Waals surface area contributed by atoms with Crippen LogP contribution in [0.2, 0.25) is 0 Å². The minimum Gasteiger partial charge on any atom is -0.370 e. The van der Waals surface area contributed by atoms with Crippen LogP contribution in [0.4, 0.5) is 11.8 Å². The van der Waals surface area contributed by atoms with Crippen LogP contribution in [0.25, 0.3) is 0 Å². The fourth-order valence-corrected chi connectivity index (χ4v) is 2.33. The number of aromatic nitrogens is 2. The number of hydrogen-bond acceptors (Lipinski definition) is 4. The molecule has 1 aromatic heterocycles. The molecule has 6 nitrogen and oxygen atoms in total. The average molecular weight is 246 g/mol. The van der Waals surface area contributed by atoms with Gasteiger partial charge in [-0.25, -0.2) is 4.98 Å². The summed E-state index contributed by atoms with van der Waals surface area (Å²) >= 11 is 0. The van der Waals surface area contributed by atoms with Gasteiger partial charge in [-0.3, -0.25) is 19.1 Å². The minimum absolute atomic E-state index is 0.0819. The molecule has 0 fully saturated rings. The van der Waals surface area contributed by atoms with E-state index in [-0.39, 0.29) is 18.1 Å². The van der Waals surface area contributed by atoms with Crippen LogP contribution in [0.1, 0.15) is 18.5 Å². The monoisotopic (exact) mass is 246 g/mol. The highest BCUT2D eigenvalue weighted by Gasteiger charge is 2.27. The van der Waals surface area contributed by atoms with Gasteiger partial charge in [0.25, 0.3) is 0 Å². The summed E-state index contributed by atoms with van der Waals surface area (Å²) in [6, 6.07) is 0. The average Bonchev–Trinajstić information content (AvgIpc) is 2.68. The van der Waals surface area contributed by atoms with Gasteiger partial charge in [-0.1, -0.05) is 0 Å². The van der Waals surface area contributed by atoms with Crippen molar-refractivity contribution in [3.05, 3.63) is 18.0 Å². The zero-order chi connectivity index (χ0) is 12.7. The lowest BCUT2D eigenvalue weighted by molar-refractivity contribution is -0.124. The summed E-state index contributed by atoms with van der Waals surface area (Å²) in [6.45, 7) is 0.925. The molecular formula is C12H14N4O2. The molecule has 0 aliphatic carbocycles. The third kappa shape index (κ3) is 1.61. The lowest BCUT2D eigenvalue weighted by Gasteiger charge is -2.20. The van der Waals surface area contributed by atoms with Crippen LogP contribution in [0.3, 0.4) is 0 Å². The largest absolute Gasteiger partial charge is 0.370 e. The summed E-state index contributed by atoms with van der Waals surface area (Å²) in [6.07, 6.45) is 4.80. The number of carbonyl (C=O) groups is 2. The maximum atomic E-state index is 11.9. The normalized spacial score (nSPS) is 18.8. The Morgan fingerprint density at radius 1 is 1.39 bits per heavy atom. The molecule has 0 bridgehead atoms. The SMILES string of the molecule is Cn1c(N2C=CC(=O)CC2=O)nc2c1NCCC2. The maximum Gasteiger partial charge on any atom is 0.241 e. The Bertz CT molecular complexity index is 559. The van der Waals surface area contributed by atoms with Crippen LogP contribution < -0.4 is 10.2 Å². The number of ketones is 1. The summed E-state index contributed by atoms with van der Waals surface area (Å²) in [5, 5.41) is 3.29. The predicted molar refractivity (Wildman–Crippen MR) is 66.3 cm³/mol. The van der Waals surface area contributed by atoms with Gasteiger partial charge in [-0.2, -0.15) is 0 Å². The van der Waals surface area contributed by atoms with E-state index in [0.717, 1.165) is 30.9 Å². The number of hydrogen-bond donors (Lipinski definition) is 1. The molecule has 1 aromatic rings. The van der Waals surface area contributed by atoms with E-state index in [4.69, 9.17) is 0 Å². The first-order valence-corrected chi connectivity index (χ1v) is 5.99. The molecule has 0 saturated carbocycles. The van der Waals surface area contributed by atoms with Gasteiger partial charge < -0.3 is 5.32 Å². The summed E-state index contributed by atoms with van der Waals surface area (Å²) in [5.74, 6) is 1.15. The topological polar surface area (TPSA) is 67.2 Å². The van der Waals surface area contributed by atoms with Crippen LogP contribution in [0.15, 0.2) is 12.3 Å². The van der Waals surface area contributed by atoms with Crippen molar-refractivity contribution in [3.63, 3.8) is 0 Å². The molecule has 94 valence electrons. The summed E-state index contributed by atoms with van der Waals surface area (Å²) in [4.78, 5) is 28.9. The maximum absolute atomic E-state index is 11.9. The Balaban J connectivity index is 2.02. The van der Waals surface area contributed by atoms with Crippen molar-refractivity contribution in [1.82, 2.24) is 9.55 Å². The van der Waals surface area contributed by atoms with Crippen molar-refractivity contribution >= 4 is 23.5 Å². The van der Waals surface area contributed by atoms with Crippen LogP contribution in [-0.4, -0.2) is 27.8 Å². The lowest BCUT2D eigenvalue weighted by Crippen LogP contribution is -2.32. The Hall–Kier alpha value is -2.11. The number of rotatable bonds is 1. The van der Waals surface area contributed by atoms with E-state index in [0.29, 0.717) is 5.95 Å². The molecule has 2 aliphatic heterocycles. The summed E-state index contributed by atoms with van der Waals surface area (Å²) in [5.41, 5.74) is 0.983. The van der Waals surface area contributed by atoms with E-state index in [1.54, 1.807) is 0 Å². The molecule has 1 N–H and O–H groups in total. The van der Waals surface area contributed by atoms with E-state index < -0.39 is 0 Å². The molecule has 0 radical (unpaired) electrons. The lowest BCUT2D eigenvalue weighted by atomic mass is 10.2. The number of aryl methyl sites for hydroxylation is 1. The van der Waals surface area contributed by atoms with E-state index >= 15 is 0 Å². The number of nitrogens with one attached hydrogen (secondary N) is 1. The highest BCUT2D eigenvalue weighted by molar-refractivity contribution is 6.13. The minimum atomic E-state index is -0.229. The number of amides is 1. The predicted octanol–water partition coefficient (Wildman–Crippen LogP) is 0.598. The van der Waals surface area contributed by atoms with Crippen molar-refractivity contribution in [2.45, 2.75) is 19.3 Å². The molecule has 0 spiro atoms. The van der Waals surface area contributed by atoms with E-state index in [1.807, 2.05) is 11.6 Å². The van der Waals surface area contributed by atoms with Gasteiger partial charge in [0, 0.05) is 19.8 Å². The number of anilines is 2.